The van der Waals surface area contributed by atoms with E-state index >= 15 is 0 Å². The zero-order valence-corrected chi connectivity index (χ0v) is 11.0. The fourth-order valence-corrected chi connectivity index (χ4v) is 2.95. The zero-order valence-electron chi connectivity index (χ0n) is 11.0. The number of amides is 1. The molecule has 5 heteroatoms. The van der Waals surface area contributed by atoms with Gasteiger partial charge in [0, 0.05) is 25.3 Å². The van der Waals surface area contributed by atoms with Crippen molar-refractivity contribution in [1.29, 1.82) is 0 Å². The molecule has 3 rings (SSSR count). The number of piperidine rings is 1. The van der Waals surface area contributed by atoms with Gasteiger partial charge >= 0.3 is 0 Å². The number of nitrogens with two attached hydrogens (primary N) is 2. The number of benzene rings is 1. The van der Waals surface area contributed by atoms with Crippen LogP contribution in [0.2, 0.25) is 0 Å². The third-order valence-corrected chi connectivity index (χ3v) is 4.25. The Morgan fingerprint density at radius 1 is 1.16 bits per heavy atom. The smallest absolute Gasteiger partial charge is 0.247 e. The molecule has 0 spiro atoms. The minimum Gasteiger partial charge on any atom is -0.317 e. The van der Waals surface area contributed by atoms with E-state index in [-0.39, 0.29) is 5.91 Å². The molecule has 0 aliphatic carbocycles. The van der Waals surface area contributed by atoms with Gasteiger partial charge in [-0.2, -0.15) is 0 Å². The molecule has 1 aromatic rings. The SMILES string of the molecule is NN1CCC(N)(C(=O)N2CCc3ccccc32)CC1. The van der Waals surface area contributed by atoms with Gasteiger partial charge in [0.15, 0.2) is 0 Å². The summed E-state index contributed by atoms with van der Waals surface area (Å²) in [4.78, 5) is 14.6. The molecule has 1 amide bonds. The molecule has 0 unspecified atom stereocenters. The highest BCUT2D eigenvalue weighted by molar-refractivity contribution is 6.01. The molecular formula is C14H20N4O. The summed E-state index contributed by atoms with van der Waals surface area (Å²) >= 11 is 0. The molecule has 2 aliphatic rings. The fraction of sp³-hybridized carbons (Fsp3) is 0.500. The summed E-state index contributed by atoms with van der Waals surface area (Å²) in [7, 11) is 0. The molecule has 1 fully saturated rings. The van der Waals surface area contributed by atoms with Crippen LogP contribution < -0.4 is 16.5 Å². The van der Waals surface area contributed by atoms with Gasteiger partial charge in [0.1, 0.15) is 0 Å². The van der Waals surface area contributed by atoms with Gasteiger partial charge in [0.25, 0.3) is 0 Å². The van der Waals surface area contributed by atoms with Crippen molar-refractivity contribution >= 4 is 11.6 Å². The number of carbonyl (C=O) groups excluding carboxylic acids is 1. The van der Waals surface area contributed by atoms with Crippen molar-refractivity contribution < 1.29 is 4.79 Å². The summed E-state index contributed by atoms with van der Waals surface area (Å²) in [5.41, 5.74) is 7.82. The van der Waals surface area contributed by atoms with Crippen LogP contribution in [0.4, 0.5) is 5.69 Å². The number of fused-ring (bicyclic) bond motifs is 1. The Hall–Kier alpha value is -1.43. The molecular weight excluding hydrogens is 240 g/mol. The summed E-state index contributed by atoms with van der Waals surface area (Å²) < 4.78 is 0. The van der Waals surface area contributed by atoms with Gasteiger partial charge in [-0.05, 0) is 30.9 Å². The summed E-state index contributed by atoms with van der Waals surface area (Å²) in [5.74, 6) is 5.79. The second-order valence-corrected chi connectivity index (χ2v) is 5.53. The normalized spacial score (nSPS) is 22.3. The Morgan fingerprint density at radius 2 is 1.84 bits per heavy atom. The van der Waals surface area contributed by atoms with Crippen LogP contribution in [0.5, 0.6) is 0 Å². The van der Waals surface area contributed by atoms with Gasteiger partial charge in [-0.15, -0.1) is 0 Å². The maximum Gasteiger partial charge on any atom is 0.247 e. The van der Waals surface area contributed by atoms with Gasteiger partial charge in [-0.1, -0.05) is 18.2 Å². The van der Waals surface area contributed by atoms with Crippen LogP contribution in [0.1, 0.15) is 18.4 Å². The first-order valence-electron chi connectivity index (χ1n) is 6.78. The van der Waals surface area contributed by atoms with Crippen LogP contribution in [0.3, 0.4) is 0 Å². The largest absolute Gasteiger partial charge is 0.317 e. The van der Waals surface area contributed by atoms with Crippen LogP contribution >= 0.6 is 0 Å². The zero-order chi connectivity index (χ0) is 13.5. The molecule has 5 nitrogen and oxygen atoms in total. The number of para-hydroxylation sites is 1. The minimum absolute atomic E-state index is 0.0468. The van der Waals surface area contributed by atoms with Crippen molar-refractivity contribution in [2.75, 3.05) is 24.5 Å². The molecule has 4 N–H and O–H groups in total. The van der Waals surface area contributed by atoms with E-state index in [4.69, 9.17) is 11.6 Å². The van der Waals surface area contributed by atoms with Gasteiger partial charge in [0.05, 0.1) is 5.54 Å². The van der Waals surface area contributed by atoms with Crippen molar-refractivity contribution in [2.45, 2.75) is 24.8 Å². The highest BCUT2D eigenvalue weighted by Crippen LogP contribution is 2.31. The predicted molar refractivity (Wildman–Crippen MR) is 74.4 cm³/mol. The summed E-state index contributed by atoms with van der Waals surface area (Å²) in [6, 6.07) is 8.06. The van der Waals surface area contributed by atoms with Crippen molar-refractivity contribution in [2.24, 2.45) is 11.6 Å². The Labute approximate surface area is 113 Å². The van der Waals surface area contributed by atoms with Crippen LogP contribution in [0.15, 0.2) is 24.3 Å². The first-order valence-corrected chi connectivity index (χ1v) is 6.78. The van der Waals surface area contributed by atoms with E-state index in [0.29, 0.717) is 25.9 Å². The van der Waals surface area contributed by atoms with Gasteiger partial charge in [-0.3, -0.25) is 10.6 Å². The third-order valence-electron chi connectivity index (χ3n) is 4.25. The molecule has 2 heterocycles. The second-order valence-electron chi connectivity index (χ2n) is 5.53. The van der Waals surface area contributed by atoms with E-state index in [1.54, 1.807) is 5.01 Å². The highest BCUT2D eigenvalue weighted by atomic mass is 16.2. The van der Waals surface area contributed by atoms with E-state index < -0.39 is 5.54 Å². The standard InChI is InChI=1S/C14H20N4O/c15-14(6-9-17(16)10-7-14)13(19)18-8-5-11-3-1-2-4-12(11)18/h1-4H,5-10,15-16H2. The molecule has 2 aliphatic heterocycles. The minimum atomic E-state index is -0.757. The molecule has 102 valence electrons. The lowest BCUT2D eigenvalue weighted by Gasteiger charge is -2.38. The summed E-state index contributed by atoms with van der Waals surface area (Å²) in [6.45, 7) is 2.10. The number of hydrazine groups is 1. The number of hydrogen-bond donors (Lipinski definition) is 2. The quantitative estimate of drug-likeness (QED) is 0.709. The van der Waals surface area contributed by atoms with Gasteiger partial charge < -0.3 is 10.6 Å². The van der Waals surface area contributed by atoms with Crippen LogP contribution in [0, 0.1) is 0 Å². The average molecular weight is 260 g/mol. The van der Waals surface area contributed by atoms with E-state index in [9.17, 15) is 4.79 Å². The Balaban J connectivity index is 1.82. The number of hydrogen-bond acceptors (Lipinski definition) is 4. The molecule has 19 heavy (non-hydrogen) atoms. The summed E-state index contributed by atoms with van der Waals surface area (Å²) in [5, 5.41) is 1.73. The van der Waals surface area contributed by atoms with Crippen molar-refractivity contribution in [1.82, 2.24) is 5.01 Å². The lowest BCUT2D eigenvalue weighted by molar-refractivity contribution is -0.125. The fourth-order valence-electron chi connectivity index (χ4n) is 2.95. The lowest BCUT2D eigenvalue weighted by atomic mass is 9.87. The topological polar surface area (TPSA) is 75.6 Å². The maximum atomic E-state index is 12.7. The molecule has 0 saturated carbocycles. The van der Waals surface area contributed by atoms with E-state index in [2.05, 4.69) is 6.07 Å². The maximum absolute atomic E-state index is 12.7. The van der Waals surface area contributed by atoms with Gasteiger partial charge in [0.2, 0.25) is 5.91 Å². The molecule has 1 saturated heterocycles. The monoisotopic (exact) mass is 260 g/mol. The first-order chi connectivity index (χ1) is 9.10. The van der Waals surface area contributed by atoms with Crippen LogP contribution in [-0.4, -0.2) is 36.1 Å². The second kappa shape index (κ2) is 4.59. The number of carbonyl (C=O) groups is 1. The van der Waals surface area contributed by atoms with Gasteiger partial charge in [-0.25, -0.2) is 5.01 Å². The van der Waals surface area contributed by atoms with Crippen LogP contribution in [-0.2, 0) is 11.2 Å². The first kappa shape index (κ1) is 12.6. The molecule has 0 aromatic heterocycles. The molecule has 0 bridgehead atoms. The average Bonchev–Trinajstić information content (AvgIpc) is 2.85. The van der Waals surface area contributed by atoms with Crippen molar-refractivity contribution in [3.05, 3.63) is 29.8 Å². The Morgan fingerprint density at radius 3 is 2.58 bits per heavy atom. The number of nitrogens with zero attached hydrogens (tertiary/aromatic N) is 2. The predicted octanol–water partition coefficient (Wildman–Crippen LogP) is 0.243. The third kappa shape index (κ3) is 2.14. The highest BCUT2D eigenvalue weighted by Gasteiger charge is 2.41. The number of anilines is 1. The van der Waals surface area contributed by atoms with Crippen LogP contribution in [0.25, 0.3) is 0 Å². The Bertz CT molecular complexity index is 494. The molecule has 0 atom stereocenters. The number of rotatable bonds is 1. The molecule has 0 radical (unpaired) electrons. The summed E-state index contributed by atoms with van der Waals surface area (Å²) in [6.07, 6.45) is 2.17. The Kier molecular flexibility index (Phi) is 3.05. The molecule has 1 aromatic carbocycles. The van der Waals surface area contributed by atoms with E-state index in [1.165, 1.54) is 5.56 Å². The van der Waals surface area contributed by atoms with Crippen molar-refractivity contribution in [3.63, 3.8) is 0 Å². The lowest BCUT2D eigenvalue weighted by Crippen LogP contribution is -2.61. The van der Waals surface area contributed by atoms with E-state index in [1.807, 2.05) is 23.1 Å². The van der Waals surface area contributed by atoms with Crippen molar-refractivity contribution in [3.8, 4) is 0 Å². The van der Waals surface area contributed by atoms with E-state index in [0.717, 1.165) is 18.7 Å².